The van der Waals surface area contributed by atoms with E-state index in [2.05, 4.69) is 17.5 Å². The molecule has 1 amide bonds. The molecule has 3 heteroatoms. The number of hydrogen-bond donors (Lipinski definition) is 1. The van der Waals surface area contributed by atoms with Gasteiger partial charge in [0.15, 0.2) is 0 Å². The molecule has 4 aliphatic rings. The van der Waals surface area contributed by atoms with Gasteiger partial charge in [-0.2, -0.15) is 5.10 Å². The number of carbonyl (C=O) groups excluding carboxylic acids is 1. The van der Waals surface area contributed by atoms with Crippen LogP contribution < -0.4 is 5.43 Å². The molecule has 0 aromatic heterocycles. The lowest BCUT2D eigenvalue weighted by atomic mass is 9.48. The van der Waals surface area contributed by atoms with Crippen LogP contribution in [0.4, 0.5) is 0 Å². The number of hydrogen-bond acceptors (Lipinski definition) is 2. The summed E-state index contributed by atoms with van der Waals surface area (Å²) in [6, 6.07) is 9.37. The third-order valence-electron chi connectivity index (χ3n) is 6.31. The molecular weight excluding hydrogens is 284 g/mol. The van der Waals surface area contributed by atoms with Gasteiger partial charge in [0.2, 0.25) is 0 Å². The van der Waals surface area contributed by atoms with E-state index in [4.69, 9.17) is 0 Å². The zero-order valence-corrected chi connectivity index (χ0v) is 13.9. The minimum atomic E-state index is -0.0960. The number of nitrogens with one attached hydrogen (secondary N) is 1. The van der Waals surface area contributed by atoms with E-state index < -0.39 is 0 Å². The Labute approximate surface area is 138 Å². The lowest BCUT2D eigenvalue weighted by Gasteiger charge is -2.57. The highest BCUT2D eigenvalue weighted by molar-refractivity contribution is 5.96. The van der Waals surface area contributed by atoms with Crippen LogP contribution in [0.3, 0.4) is 0 Å². The van der Waals surface area contributed by atoms with Crippen LogP contribution in [-0.4, -0.2) is 11.6 Å². The van der Waals surface area contributed by atoms with Gasteiger partial charge in [-0.1, -0.05) is 25.1 Å². The topological polar surface area (TPSA) is 41.5 Å². The van der Waals surface area contributed by atoms with Gasteiger partial charge in [-0.25, -0.2) is 5.43 Å². The van der Waals surface area contributed by atoms with Crippen molar-refractivity contribution in [3.8, 4) is 0 Å². The van der Waals surface area contributed by atoms with Crippen molar-refractivity contribution >= 4 is 11.6 Å². The smallest absolute Gasteiger partial charge is 0.267 e. The molecule has 1 N–H and O–H groups in total. The Kier molecular flexibility index (Phi) is 3.74. The molecule has 0 atom stereocenters. The molecule has 23 heavy (non-hydrogen) atoms. The molecule has 0 unspecified atom stereocenters. The maximum atomic E-state index is 12.3. The molecule has 0 saturated heterocycles. The van der Waals surface area contributed by atoms with Crippen molar-refractivity contribution in [2.75, 3.05) is 0 Å². The lowest BCUT2D eigenvalue weighted by Crippen LogP contribution is -2.50. The summed E-state index contributed by atoms with van der Waals surface area (Å²) in [6.45, 7) is 2.19. The largest absolute Gasteiger partial charge is 0.271 e. The fraction of sp³-hybridized carbons (Fsp3) is 0.600. The van der Waals surface area contributed by atoms with Gasteiger partial charge in [0.05, 0.1) is 0 Å². The zero-order valence-electron chi connectivity index (χ0n) is 13.9. The Hall–Kier alpha value is -1.64. The number of benzene rings is 1. The molecule has 0 heterocycles. The van der Waals surface area contributed by atoms with Crippen LogP contribution in [0.15, 0.2) is 35.4 Å². The first-order valence-corrected chi connectivity index (χ1v) is 9.11. The van der Waals surface area contributed by atoms with Crippen molar-refractivity contribution in [1.29, 1.82) is 0 Å². The Morgan fingerprint density at radius 1 is 1.09 bits per heavy atom. The summed E-state index contributed by atoms with van der Waals surface area (Å²) in [5, 5.41) is 4.63. The van der Waals surface area contributed by atoms with Crippen molar-refractivity contribution < 1.29 is 4.79 Å². The fourth-order valence-corrected chi connectivity index (χ4v) is 5.81. The van der Waals surface area contributed by atoms with Crippen LogP contribution >= 0.6 is 0 Å². The fourth-order valence-electron chi connectivity index (χ4n) is 5.81. The van der Waals surface area contributed by atoms with E-state index in [-0.39, 0.29) is 11.3 Å². The lowest BCUT2D eigenvalue weighted by molar-refractivity contribution is -0.0134. The van der Waals surface area contributed by atoms with Crippen molar-refractivity contribution in [2.45, 2.75) is 51.9 Å². The van der Waals surface area contributed by atoms with E-state index >= 15 is 0 Å². The van der Waals surface area contributed by atoms with Gasteiger partial charge >= 0.3 is 0 Å². The number of carbonyl (C=O) groups is 1. The van der Waals surface area contributed by atoms with Gasteiger partial charge in [0.25, 0.3) is 5.91 Å². The van der Waals surface area contributed by atoms with Crippen LogP contribution in [0.1, 0.15) is 62.2 Å². The molecule has 4 aliphatic carbocycles. The van der Waals surface area contributed by atoms with Gasteiger partial charge in [0, 0.05) is 16.7 Å². The minimum absolute atomic E-state index is 0.0960. The van der Waals surface area contributed by atoms with Gasteiger partial charge < -0.3 is 0 Å². The molecule has 4 saturated carbocycles. The summed E-state index contributed by atoms with van der Waals surface area (Å²) in [7, 11) is 0. The number of nitrogens with zero attached hydrogens (tertiary/aromatic N) is 1. The van der Waals surface area contributed by atoms with Crippen molar-refractivity contribution in [1.82, 2.24) is 5.43 Å². The first-order valence-electron chi connectivity index (χ1n) is 9.11. The molecule has 0 spiro atoms. The first kappa shape index (κ1) is 14.9. The van der Waals surface area contributed by atoms with E-state index in [0.717, 1.165) is 24.2 Å². The highest BCUT2D eigenvalue weighted by Gasteiger charge is 2.52. The molecule has 4 bridgehead atoms. The number of amides is 1. The highest BCUT2D eigenvalue weighted by atomic mass is 16.2. The van der Waals surface area contributed by atoms with Crippen molar-refractivity contribution in [3.63, 3.8) is 0 Å². The monoisotopic (exact) mass is 310 g/mol. The maximum absolute atomic E-state index is 12.3. The van der Waals surface area contributed by atoms with Crippen LogP contribution in [0, 0.1) is 23.2 Å². The SMILES string of the molecule is CCC(=NNC(=O)c1ccccc1)C12CC3CC(CC(C3)C1)C2. The summed E-state index contributed by atoms with van der Waals surface area (Å²) in [5.74, 6) is 2.62. The third kappa shape index (κ3) is 2.71. The molecule has 0 radical (unpaired) electrons. The van der Waals surface area contributed by atoms with Gasteiger partial charge in [-0.15, -0.1) is 0 Å². The Balaban J connectivity index is 1.53. The van der Waals surface area contributed by atoms with Crippen LogP contribution in [0.2, 0.25) is 0 Å². The summed E-state index contributed by atoms with van der Waals surface area (Å²) in [4.78, 5) is 12.3. The Morgan fingerprint density at radius 3 is 2.17 bits per heavy atom. The summed E-state index contributed by atoms with van der Waals surface area (Å²) in [5.41, 5.74) is 5.02. The molecule has 122 valence electrons. The standard InChI is InChI=1S/C20H26N2O/c1-2-18(21-22-19(23)17-6-4-3-5-7-17)20-11-14-8-15(12-20)10-16(9-14)13-20/h3-7,14-16H,2,8-13H2,1H3,(H,22,23). The van der Waals surface area contributed by atoms with Gasteiger partial charge in [-0.3, -0.25) is 4.79 Å². The average molecular weight is 310 g/mol. The molecule has 4 fully saturated rings. The molecule has 1 aromatic rings. The molecular formula is C20H26N2O. The second kappa shape index (κ2) is 5.77. The van der Waals surface area contributed by atoms with Gasteiger partial charge in [-0.05, 0) is 74.8 Å². The normalized spacial score (nSPS) is 35.3. The van der Waals surface area contributed by atoms with Crippen LogP contribution in [0.5, 0.6) is 0 Å². The maximum Gasteiger partial charge on any atom is 0.271 e. The zero-order chi connectivity index (χ0) is 15.9. The predicted molar refractivity (Wildman–Crippen MR) is 92.2 cm³/mol. The van der Waals surface area contributed by atoms with E-state index in [0.29, 0.717) is 5.56 Å². The van der Waals surface area contributed by atoms with Crippen molar-refractivity contribution in [3.05, 3.63) is 35.9 Å². The second-order valence-corrected chi connectivity index (χ2v) is 7.92. The molecule has 1 aromatic carbocycles. The Morgan fingerprint density at radius 2 is 1.65 bits per heavy atom. The van der Waals surface area contributed by atoms with E-state index in [9.17, 15) is 4.79 Å². The van der Waals surface area contributed by atoms with E-state index in [1.807, 2.05) is 30.3 Å². The third-order valence-corrected chi connectivity index (χ3v) is 6.31. The van der Waals surface area contributed by atoms with Crippen LogP contribution in [0.25, 0.3) is 0 Å². The number of rotatable bonds is 4. The quantitative estimate of drug-likeness (QED) is 0.650. The summed E-state index contributed by atoms with van der Waals surface area (Å²) < 4.78 is 0. The second-order valence-electron chi connectivity index (χ2n) is 7.92. The Bertz CT molecular complexity index is 585. The molecule has 3 nitrogen and oxygen atoms in total. The first-order chi connectivity index (χ1) is 11.2. The summed E-state index contributed by atoms with van der Waals surface area (Å²) >= 11 is 0. The van der Waals surface area contributed by atoms with Crippen LogP contribution in [-0.2, 0) is 0 Å². The van der Waals surface area contributed by atoms with Gasteiger partial charge in [0.1, 0.15) is 0 Å². The molecule has 5 rings (SSSR count). The summed E-state index contributed by atoms with van der Waals surface area (Å²) in [6.07, 6.45) is 9.15. The minimum Gasteiger partial charge on any atom is -0.267 e. The number of hydrazone groups is 1. The van der Waals surface area contributed by atoms with E-state index in [1.165, 1.54) is 44.2 Å². The average Bonchev–Trinajstić information content (AvgIpc) is 2.54. The molecule has 0 aliphatic heterocycles. The van der Waals surface area contributed by atoms with E-state index in [1.54, 1.807) is 0 Å². The highest BCUT2D eigenvalue weighted by Crippen LogP contribution is 2.60. The predicted octanol–water partition coefficient (Wildman–Crippen LogP) is 4.40. The van der Waals surface area contributed by atoms with Crippen molar-refractivity contribution in [2.24, 2.45) is 28.3 Å².